The zero-order valence-corrected chi connectivity index (χ0v) is 17.6. The zero-order valence-electron chi connectivity index (χ0n) is 16.8. The smallest absolute Gasteiger partial charge is 0.286 e. The van der Waals surface area contributed by atoms with Crippen LogP contribution >= 0.6 is 11.8 Å². The monoisotopic (exact) mass is 407 g/mol. The highest BCUT2D eigenvalue weighted by molar-refractivity contribution is 8.18. The molecule has 0 spiro atoms. The van der Waals surface area contributed by atoms with Gasteiger partial charge in [0.25, 0.3) is 5.91 Å². The van der Waals surface area contributed by atoms with Gasteiger partial charge >= 0.3 is 0 Å². The Morgan fingerprint density at radius 1 is 1.03 bits per heavy atom. The molecule has 6 heteroatoms. The molecule has 2 heterocycles. The van der Waals surface area contributed by atoms with Crippen LogP contribution in [0.5, 0.6) is 5.75 Å². The van der Waals surface area contributed by atoms with Gasteiger partial charge in [-0.2, -0.15) is 4.99 Å². The van der Waals surface area contributed by atoms with E-state index in [-0.39, 0.29) is 5.91 Å². The van der Waals surface area contributed by atoms with Crippen molar-refractivity contribution in [2.24, 2.45) is 4.99 Å². The van der Waals surface area contributed by atoms with E-state index in [9.17, 15) is 4.79 Å². The molecule has 0 aliphatic carbocycles. The first-order valence-corrected chi connectivity index (χ1v) is 10.8. The molecule has 0 atom stereocenters. The number of aliphatic imine (C=N–C) groups is 1. The fourth-order valence-electron chi connectivity index (χ4n) is 3.62. The van der Waals surface area contributed by atoms with Crippen LogP contribution in [0.25, 0.3) is 6.08 Å². The predicted molar refractivity (Wildman–Crippen MR) is 121 cm³/mol. The summed E-state index contributed by atoms with van der Waals surface area (Å²) in [5.74, 6) is 0.619. The molecule has 0 unspecified atom stereocenters. The SMILES string of the molecule is CCOc1ccccc1C=C1SC(N2CCN(c3ccccc3C)CC2)=NC1=O. The molecule has 0 bridgehead atoms. The quantitative estimate of drug-likeness (QED) is 0.712. The van der Waals surface area contributed by atoms with Gasteiger partial charge < -0.3 is 14.5 Å². The normalized spacial score (nSPS) is 18.3. The predicted octanol–water partition coefficient (Wildman–Crippen LogP) is 4.19. The lowest BCUT2D eigenvalue weighted by Crippen LogP contribution is -2.48. The molecule has 1 saturated heterocycles. The number of thioether (sulfide) groups is 1. The van der Waals surface area contributed by atoms with Gasteiger partial charge in [0.05, 0.1) is 11.5 Å². The van der Waals surface area contributed by atoms with Crippen LogP contribution in [0, 0.1) is 6.92 Å². The van der Waals surface area contributed by atoms with Crippen LogP contribution < -0.4 is 9.64 Å². The second-order valence-electron chi connectivity index (χ2n) is 7.04. The molecule has 0 saturated carbocycles. The Balaban J connectivity index is 1.43. The number of hydrogen-bond donors (Lipinski definition) is 0. The fourth-order valence-corrected chi connectivity index (χ4v) is 4.57. The molecule has 1 amide bonds. The van der Waals surface area contributed by atoms with Crippen LogP contribution in [0.4, 0.5) is 5.69 Å². The molecule has 4 rings (SSSR count). The molecular formula is C23H25N3O2S. The number of amidine groups is 1. The van der Waals surface area contributed by atoms with E-state index in [4.69, 9.17) is 4.74 Å². The Kier molecular flexibility index (Phi) is 5.90. The van der Waals surface area contributed by atoms with Crippen LogP contribution in [-0.4, -0.2) is 48.8 Å². The third-order valence-corrected chi connectivity index (χ3v) is 6.17. The molecule has 2 aromatic rings. The van der Waals surface area contributed by atoms with Crippen LogP contribution in [0.2, 0.25) is 0 Å². The van der Waals surface area contributed by atoms with Gasteiger partial charge in [-0.15, -0.1) is 0 Å². The maximum Gasteiger partial charge on any atom is 0.286 e. The number of amides is 1. The Hall–Kier alpha value is -2.73. The number of carbonyl (C=O) groups excluding carboxylic acids is 1. The van der Waals surface area contributed by atoms with Crippen molar-refractivity contribution >= 4 is 34.6 Å². The second kappa shape index (κ2) is 8.74. The number of aryl methyl sites for hydroxylation is 1. The second-order valence-corrected chi connectivity index (χ2v) is 8.05. The van der Waals surface area contributed by atoms with E-state index in [1.54, 1.807) is 0 Å². The molecule has 5 nitrogen and oxygen atoms in total. The first-order valence-electron chi connectivity index (χ1n) is 9.95. The first-order chi connectivity index (χ1) is 14.2. The van der Waals surface area contributed by atoms with E-state index < -0.39 is 0 Å². The summed E-state index contributed by atoms with van der Waals surface area (Å²) in [4.78, 5) is 22.1. The molecule has 29 heavy (non-hydrogen) atoms. The van der Waals surface area contributed by atoms with Crippen molar-refractivity contribution in [2.45, 2.75) is 13.8 Å². The Bertz CT molecular complexity index is 962. The third kappa shape index (κ3) is 4.32. The first kappa shape index (κ1) is 19.6. The number of hydrogen-bond acceptors (Lipinski definition) is 5. The summed E-state index contributed by atoms with van der Waals surface area (Å²) in [7, 11) is 0. The lowest BCUT2D eigenvalue weighted by atomic mass is 10.1. The minimum absolute atomic E-state index is 0.169. The number of nitrogens with zero attached hydrogens (tertiary/aromatic N) is 3. The topological polar surface area (TPSA) is 45.1 Å². The van der Waals surface area contributed by atoms with Crippen molar-refractivity contribution < 1.29 is 9.53 Å². The Morgan fingerprint density at radius 3 is 2.48 bits per heavy atom. The van der Waals surface area contributed by atoms with Gasteiger partial charge in [0.2, 0.25) is 0 Å². The maximum absolute atomic E-state index is 12.5. The minimum Gasteiger partial charge on any atom is -0.493 e. The van der Waals surface area contributed by atoms with Crippen LogP contribution in [-0.2, 0) is 4.79 Å². The van der Waals surface area contributed by atoms with Gasteiger partial charge in [0.15, 0.2) is 5.17 Å². The number of piperazine rings is 1. The van der Waals surface area contributed by atoms with Crippen LogP contribution in [0.3, 0.4) is 0 Å². The highest BCUT2D eigenvalue weighted by atomic mass is 32.2. The molecule has 2 aromatic carbocycles. The van der Waals surface area contributed by atoms with Gasteiger partial charge in [-0.3, -0.25) is 4.79 Å². The van der Waals surface area contributed by atoms with E-state index in [0.717, 1.165) is 42.7 Å². The molecule has 2 aliphatic rings. The van der Waals surface area contributed by atoms with E-state index in [1.165, 1.54) is 23.0 Å². The van der Waals surface area contributed by atoms with Crippen molar-refractivity contribution in [1.82, 2.24) is 4.90 Å². The minimum atomic E-state index is -0.169. The van der Waals surface area contributed by atoms with E-state index >= 15 is 0 Å². The van der Waals surface area contributed by atoms with E-state index in [0.29, 0.717) is 11.5 Å². The molecule has 0 aromatic heterocycles. The van der Waals surface area contributed by atoms with Gasteiger partial charge in [-0.1, -0.05) is 36.4 Å². The molecule has 1 fully saturated rings. The van der Waals surface area contributed by atoms with Gasteiger partial charge in [-0.05, 0) is 49.4 Å². The summed E-state index contributed by atoms with van der Waals surface area (Å²) in [5, 5.41) is 0.805. The van der Waals surface area contributed by atoms with E-state index in [1.807, 2.05) is 37.3 Å². The van der Waals surface area contributed by atoms with Gasteiger partial charge in [0.1, 0.15) is 5.75 Å². The average molecular weight is 408 g/mol. The van der Waals surface area contributed by atoms with Crippen LogP contribution in [0.1, 0.15) is 18.1 Å². The number of benzene rings is 2. The Morgan fingerprint density at radius 2 is 1.72 bits per heavy atom. The summed E-state index contributed by atoms with van der Waals surface area (Å²) in [5.41, 5.74) is 3.49. The summed E-state index contributed by atoms with van der Waals surface area (Å²) < 4.78 is 5.67. The molecule has 2 aliphatic heterocycles. The number of rotatable bonds is 4. The zero-order chi connectivity index (χ0) is 20.2. The molecule has 150 valence electrons. The standard InChI is InChI=1S/C23H25N3O2S/c1-3-28-20-11-7-5-9-18(20)16-21-22(27)24-23(29-21)26-14-12-25(13-15-26)19-10-6-4-8-17(19)2/h4-11,16H,3,12-15H2,1-2H3. The molecule has 0 N–H and O–H groups in total. The molecule has 0 radical (unpaired) electrons. The number of ether oxygens (including phenoxy) is 1. The highest BCUT2D eigenvalue weighted by Gasteiger charge is 2.29. The Labute approximate surface area is 176 Å². The van der Waals surface area contributed by atoms with Gasteiger partial charge in [-0.25, -0.2) is 0 Å². The van der Waals surface area contributed by atoms with Crippen molar-refractivity contribution in [3.63, 3.8) is 0 Å². The van der Waals surface area contributed by atoms with Crippen molar-refractivity contribution in [2.75, 3.05) is 37.7 Å². The highest BCUT2D eigenvalue weighted by Crippen LogP contribution is 2.33. The lowest BCUT2D eigenvalue weighted by Gasteiger charge is -2.37. The summed E-state index contributed by atoms with van der Waals surface area (Å²) >= 11 is 1.46. The van der Waals surface area contributed by atoms with Crippen molar-refractivity contribution in [3.8, 4) is 5.75 Å². The lowest BCUT2D eigenvalue weighted by molar-refractivity contribution is -0.113. The summed E-state index contributed by atoms with van der Waals surface area (Å²) in [6, 6.07) is 16.3. The average Bonchev–Trinajstić information content (AvgIpc) is 3.10. The fraction of sp³-hybridized carbons (Fsp3) is 0.304. The van der Waals surface area contributed by atoms with Crippen molar-refractivity contribution in [1.29, 1.82) is 0 Å². The largest absolute Gasteiger partial charge is 0.493 e. The van der Waals surface area contributed by atoms with Crippen LogP contribution in [0.15, 0.2) is 58.4 Å². The number of anilines is 1. The number of para-hydroxylation sites is 2. The maximum atomic E-state index is 12.5. The van der Waals surface area contributed by atoms with E-state index in [2.05, 4.69) is 46.0 Å². The number of carbonyl (C=O) groups is 1. The summed E-state index contributed by atoms with van der Waals surface area (Å²) in [6.45, 7) is 8.25. The molecular weight excluding hydrogens is 382 g/mol. The summed E-state index contributed by atoms with van der Waals surface area (Å²) in [6.07, 6.45) is 1.89. The van der Waals surface area contributed by atoms with Crippen molar-refractivity contribution in [3.05, 3.63) is 64.6 Å². The van der Waals surface area contributed by atoms with Gasteiger partial charge in [0, 0.05) is 37.4 Å². The third-order valence-electron chi connectivity index (χ3n) is 5.12.